The Morgan fingerprint density at radius 3 is 3.00 bits per heavy atom. The lowest BCUT2D eigenvalue weighted by Crippen LogP contribution is -2.15. The van der Waals surface area contributed by atoms with Gasteiger partial charge in [0.25, 0.3) is 0 Å². The lowest BCUT2D eigenvalue weighted by molar-refractivity contribution is 0.612. The molecule has 0 spiro atoms. The van der Waals surface area contributed by atoms with Gasteiger partial charge in [0.1, 0.15) is 0 Å². The molecule has 0 saturated heterocycles. The van der Waals surface area contributed by atoms with Gasteiger partial charge in [-0.3, -0.25) is 0 Å². The highest BCUT2D eigenvalue weighted by molar-refractivity contribution is 6.30. The summed E-state index contributed by atoms with van der Waals surface area (Å²) in [5.74, 6) is 0.668. The molecule has 0 bridgehead atoms. The van der Waals surface area contributed by atoms with Crippen molar-refractivity contribution in [3.8, 4) is 0 Å². The number of aromatic nitrogens is 3. The monoisotopic (exact) mass is 266 g/mol. The van der Waals surface area contributed by atoms with E-state index in [1.54, 1.807) is 10.7 Å². The van der Waals surface area contributed by atoms with Crippen molar-refractivity contribution in [2.24, 2.45) is 0 Å². The van der Waals surface area contributed by atoms with Crippen LogP contribution in [0.5, 0.6) is 0 Å². The predicted molar refractivity (Wildman–Crippen MR) is 75.2 cm³/mol. The van der Waals surface area contributed by atoms with Crippen molar-refractivity contribution >= 4 is 23.2 Å². The molecule has 2 aromatic heterocycles. The van der Waals surface area contributed by atoms with Gasteiger partial charge in [0, 0.05) is 12.2 Å². The maximum Gasteiger partial charge on any atom is 0.243 e. The molecule has 1 unspecified atom stereocenters. The van der Waals surface area contributed by atoms with Crippen LogP contribution in [0.3, 0.4) is 0 Å². The second-order valence-electron chi connectivity index (χ2n) is 4.63. The van der Waals surface area contributed by atoms with Crippen LogP contribution in [0.4, 0.5) is 5.95 Å². The maximum atomic E-state index is 5.91. The minimum Gasteiger partial charge on any atom is -0.350 e. The van der Waals surface area contributed by atoms with Gasteiger partial charge < -0.3 is 5.32 Å². The number of hydrogen-bond donors (Lipinski definition) is 1. The highest BCUT2D eigenvalue weighted by atomic mass is 35.5. The average Bonchev–Trinajstić information content (AvgIpc) is 2.70. The number of anilines is 1. The van der Waals surface area contributed by atoms with Gasteiger partial charge in [0.15, 0.2) is 5.65 Å². The van der Waals surface area contributed by atoms with Gasteiger partial charge in [-0.1, -0.05) is 37.8 Å². The molecule has 0 fully saturated rings. The lowest BCUT2D eigenvalue weighted by atomic mass is 10.1. The van der Waals surface area contributed by atoms with Gasteiger partial charge in [-0.05, 0) is 25.5 Å². The number of hydrogen-bond acceptors (Lipinski definition) is 3. The Kier molecular flexibility index (Phi) is 4.42. The number of halogens is 1. The number of fused-ring (bicyclic) bond motifs is 1. The van der Waals surface area contributed by atoms with Crippen LogP contribution in [0.15, 0.2) is 18.3 Å². The molecule has 0 radical (unpaired) electrons. The normalized spacial score (nSPS) is 12.8. The molecule has 0 aliphatic carbocycles. The Balaban J connectivity index is 1.98. The minimum absolute atomic E-state index is 0.393. The van der Waals surface area contributed by atoms with Gasteiger partial charge in [-0.25, -0.2) is 4.52 Å². The van der Waals surface area contributed by atoms with Crippen molar-refractivity contribution in [3.63, 3.8) is 0 Å². The van der Waals surface area contributed by atoms with Crippen LogP contribution in [-0.4, -0.2) is 20.6 Å². The molecule has 2 aromatic rings. The van der Waals surface area contributed by atoms with Crippen LogP contribution in [0.2, 0.25) is 5.02 Å². The van der Waals surface area contributed by atoms with E-state index in [4.69, 9.17) is 11.6 Å². The third-order valence-corrected chi connectivity index (χ3v) is 3.13. The van der Waals surface area contributed by atoms with Crippen LogP contribution < -0.4 is 5.32 Å². The first kappa shape index (κ1) is 13.1. The van der Waals surface area contributed by atoms with Crippen LogP contribution in [-0.2, 0) is 0 Å². The van der Waals surface area contributed by atoms with Crippen LogP contribution in [0.1, 0.15) is 39.5 Å². The Morgan fingerprint density at radius 1 is 1.39 bits per heavy atom. The molecule has 0 aliphatic heterocycles. The van der Waals surface area contributed by atoms with Crippen LogP contribution in [0.25, 0.3) is 5.65 Å². The SMILES string of the molecule is CCCCCC(C)Nc1nc2ccc(Cl)cn2n1. The Labute approximate surface area is 112 Å². The highest BCUT2D eigenvalue weighted by Crippen LogP contribution is 2.13. The van der Waals surface area contributed by atoms with Crippen molar-refractivity contribution in [3.05, 3.63) is 23.4 Å². The summed E-state index contributed by atoms with van der Waals surface area (Å²) in [6.45, 7) is 4.37. The first-order valence-corrected chi connectivity index (χ1v) is 6.85. The molecule has 1 atom stereocenters. The third kappa shape index (κ3) is 3.35. The van der Waals surface area contributed by atoms with E-state index in [0.717, 1.165) is 12.1 Å². The molecule has 0 aromatic carbocycles. The topological polar surface area (TPSA) is 42.2 Å². The molecule has 1 N–H and O–H groups in total. The van der Waals surface area contributed by atoms with E-state index in [2.05, 4.69) is 29.2 Å². The molecule has 0 amide bonds. The van der Waals surface area contributed by atoms with Crippen molar-refractivity contribution in [1.82, 2.24) is 14.6 Å². The summed E-state index contributed by atoms with van der Waals surface area (Å²) in [7, 11) is 0. The van der Waals surface area contributed by atoms with Crippen LogP contribution >= 0.6 is 11.6 Å². The summed E-state index contributed by atoms with van der Waals surface area (Å²) in [6.07, 6.45) is 6.67. The summed E-state index contributed by atoms with van der Waals surface area (Å²) < 4.78 is 1.70. The standard InChI is InChI=1S/C13H19ClN4/c1-3-4-5-6-10(2)15-13-16-12-8-7-11(14)9-18(12)17-13/h7-10H,3-6H2,1-2H3,(H,15,17). The van der Waals surface area contributed by atoms with Gasteiger partial charge in [0.2, 0.25) is 5.95 Å². The summed E-state index contributed by atoms with van der Waals surface area (Å²) in [6, 6.07) is 4.08. The Morgan fingerprint density at radius 2 is 2.22 bits per heavy atom. The van der Waals surface area contributed by atoms with Gasteiger partial charge >= 0.3 is 0 Å². The third-order valence-electron chi connectivity index (χ3n) is 2.91. The van der Waals surface area contributed by atoms with Crippen molar-refractivity contribution in [2.45, 2.75) is 45.6 Å². The second kappa shape index (κ2) is 6.05. The van der Waals surface area contributed by atoms with E-state index < -0.39 is 0 Å². The molecular weight excluding hydrogens is 248 g/mol. The van der Waals surface area contributed by atoms with E-state index >= 15 is 0 Å². The summed E-state index contributed by atoms with van der Waals surface area (Å²) >= 11 is 5.91. The fourth-order valence-electron chi connectivity index (χ4n) is 1.91. The van der Waals surface area contributed by atoms with E-state index in [-0.39, 0.29) is 0 Å². The smallest absolute Gasteiger partial charge is 0.243 e. The molecular formula is C13H19ClN4. The van der Waals surface area contributed by atoms with E-state index in [1.807, 2.05) is 12.1 Å². The molecule has 2 rings (SSSR count). The lowest BCUT2D eigenvalue weighted by Gasteiger charge is -2.11. The number of nitrogens with zero attached hydrogens (tertiary/aromatic N) is 3. The van der Waals surface area contributed by atoms with E-state index in [9.17, 15) is 0 Å². The molecule has 4 nitrogen and oxygen atoms in total. The van der Waals surface area contributed by atoms with Crippen LogP contribution in [0, 0.1) is 0 Å². The first-order chi connectivity index (χ1) is 8.69. The summed E-state index contributed by atoms with van der Waals surface area (Å²) in [5.41, 5.74) is 0.808. The number of nitrogens with one attached hydrogen (secondary N) is 1. The summed E-state index contributed by atoms with van der Waals surface area (Å²) in [4.78, 5) is 4.40. The zero-order chi connectivity index (χ0) is 13.0. The molecule has 18 heavy (non-hydrogen) atoms. The van der Waals surface area contributed by atoms with E-state index in [1.165, 1.54) is 19.3 Å². The fourth-order valence-corrected chi connectivity index (χ4v) is 2.07. The van der Waals surface area contributed by atoms with Crippen molar-refractivity contribution < 1.29 is 0 Å². The molecule has 2 heterocycles. The molecule has 98 valence electrons. The highest BCUT2D eigenvalue weighted by Gasteiger charge is 2.07. The Hall–Kier alpha value is -1.29. The number of pyridine rings is 1. The zero-order valence-electron chi connectivity index (χ0n) is 10.9. The van der Waals surface area contributed by atoms with Gasteiger partial charge in [-0.2, -0.15) is 4.98 Å². The van der Waals surface area contributed by atoms with Crippen molar-refractivity contribution in [1.29, 1.82) is 0 Å². The predicted octanol–water partition coefficient (Wildman–Crippen LogP) is 3.76. The number of rotatable bonds is 6. The number of unbranched alkanes of at least 4 members (excludes halogenated alkanes) is 2. The summed E-state index contributed by atoms with van der Waals surface area (Å²) in [5, 5.41) is 8.34. The minimum atomic E-state index is 0.393. The quantitative estimate of drug-likeness (QED) is 0.810. The fraction of sp³-hybridized carbons (Fsp3) is 0.538. The zero-order valence-corrected chi connectivity index (χ0v) is 11.6. The largest absolute Gasteiger partial charge is 0.350 e. The molecule has 5 heteroatoms. The first-order valence-electron chi connectivity index (χ1n) is 6.47. The molecule has 0 aliphatic rings. The Bertz CT molecular complexity index is 509. The second-order valence-corrected chi connectivity index (χ2v) is 5.06. The maximum absolute atomic E-state index is 5.91. The van der Waals surface area contributed by atoms with Gasteiger partial charge in [0.05, 0.1) is 5.02 Å². The average molecular weight is 267 g/mol. The van der Waals surface area contributed by atoms with Gasteiger partial charge in [-0.15, -0.1) is 5.10 Å². The molecule has 0 saturated carbocycles. The van der Waals surface area contributed by atoms with Crippen molar-refractivity contribution in [2.75, 3.05) is 5.32 Å². The van der Waals surface area contributed by atoms with E-state index in [0.29, 0.717) is 17.0 Å².